The van der Waals surface area contributed by atoms with Gasteiger partial charge in [0.05, 0.1) is 7.11 Å². The van der Waals surface area contributed by atoms with Gasteiger partial charge in [-0.25, -0.2) is 4.39 Å². The predicted octanol–water partition coefficient (Wildman–Crippen LogP) is 4.11. The van der Waals surface area contributed by atoms with Crippen LogP contribution in [0.5, 0.6) is 5.75 Å². The van der Waals surface area contributed by atoms with Gasteiger partial charge in [-0.1, -0.05) is 25.3 Å². The zero-order chi connectivity index (χ0) is 14.4. The molecule has 0 aromatic heterocycles. The molecule has 1 saturated carbocycles. The van der Waals surface area contributed by atoms with E-state index >= 15 is 0 Å². The van der Waals surface area contributed by atoms with Crippen molar-refractivity contribution in [2.75, 3.05) is 19.5 Å². The van der Waals surface area contributed by atoms with Gasteiger partial charge in [-0.3, -0.25) is 0 Å². The van der Waals surface area contributed by atoms with E-state index in [4.69, 9.17) is 16.3 Å². The fraction of sp³-hybridized carbons (Fsp3) is 0.625. The summed E-state index contributed by atoms with van der Waals surface area (Å²) in [6.07, 6.45) is 6.25. The van der Waals surface area contributed by atoms with Crippen LogP contribution in [-0.2, 0) is 6.54 Å². The summed E-state index contributed by atoms with van der Waals surface area (Å²) in [4.78, 5) is 0. The molecule has 4 heteroatoms. The molecule has 1 aliphatic rings. The zero-order valence-corrected chi connectivity index (χ0v) is 12.8. The molecule has 1 N–H and O–H groups in total. The number of hydrogen-bond donors (Lipinski definition) is 1. The Hall–Kier alpha value is -0.800. The van der Waals surface area contributed by atoms with Gasteiger partial charge in [-0.2, -0.15) is 0 Å². The van der Waals surface area contributed by atoms with Crippen LogP contribution in [0.4, 0.5) is 4.39 Å². The number of methoxy groups -OCH3 is 1. The Bertz CT molecular complexity index is 432. The van der Waals surface area contributed by atoms with Crippen molar-refractivity contribution in [2.45, 2.75) is 38.6 Å². The van der Waals surface area contributed by atoms with E-state index in [1.165, 1.54) is 45.3 Å². The molecule has 0 atom stereocenters. The van der Waals surface area contributed by atoms with Crippen LogP contribution >= 0.6 is 11.6 Å². The molecular formula is C16H23ClFNO. The van der Waals surface area contributed by atoms with E-state index in [1.54, 1.807) is 6.07 Å². The van der Waals surface area contributed by atoms with Gasteiger partial charge in [0.2, 0.25) is 0 Å². The Labute approximate surface area is 125 Å². The van der Waals surface area contributed by atoms with Crippen LogP contribution in [0.15, 0.2) is 18.2 Å². The average molecular weight is 300 g/mol. The highest BCUT2D eigenvalue weighted by Crippen LogP contribution is 2.36. The van der Waals surface area contributed by atoms with Crippen LogP contribution in [0.2, 0.25) is 0 Å². The highest BCUT2D eigenvalue weighted by molar-refractivity contribution is 6.18. The minimum atomic E-state index is -0.309. The summed E-state index contributed by atoms with van der Waals surface area (Å²) in [5.74, 6) is 0.687. The topological polar surface area (TPSA) is 21.3 Å². The third kappa shape index (κ3) is 3.86. The van der Waals surface area contributed by atoms with Crippen LogP contribution in [0, 0.1) is 11.2 Å². The number of halogens is 2. The number of nitrogens with one attached hydrogen (secondary N) is 1. The van der Waals surface area contributed by atoms with Crippen LogP contribution < -0.4 is 10.1 Å². The van der Waals surface area contributed by atoms with Gasteiger partial charge in [0, 0.05) is 19.0 Å². The van der Waals surface area contributed by atoms with E-state index in [0.717, 1.165) is 12.1 Å². The SMILES string of the molecule is COc1ccc(CNCC2(CCl)CCCCC2)cc1F. The van der Waals surface area contributed by atoms with Gasteiger partial charge >= 0.3 is 0 Å². The third-order valence-corrected chi connectivity index (χ3v) is 4.81. The summed E-state index contributed by atoms with van der Waals surface area (Å²) in [5.41, 5.74) is 1.16. The molecule has 2 rings (SSSR count). The summed E-state index contributed by atoms with van der Waals surface area (Å²) in [7, 11) is 1.48. The number of alkyl halides is 1. The van der Waals surface area contributed by atoms with Crippen LogP contribution in [0.3, 0.4) is 0 Å². The molecule has 20 heavy (non-hydrogen) atoms. The highest BCUT2D eigenvalue weighted by Gasteiger charge is 2.30. The van der Waals surface area contributed by atoms with E-state index in [9.17, 15) is 4.39 Å². The molecular weight excluding hydrogens is 277 g/mol. The molecule has 1 fully saturated rings. The van der Waals surface area contributed by atoms with E-state index in [-0.39, 0.29) is 11.2 Å². The molecule has 1 aromatic carbocycles. The largest absolute Gasteiger partial charge is 0.494 e. The van der Waals surface area contributed by atoms with Crippen molar-refractivity contribution in [3.8, 4) is 5.75 Å². The predicted molar refractivity (Wildman–Crippen MR) is 80.9 cm³/mol. The molecule has 0 bridgehead atoms. The van der Waals surface area contributed by atoms with Crippen molar-refractivity contribution in [1.29, 1.82) is 0 Å². The van der Waals surface area contributed by atoms with Crippen molar-refractivity contribution in [3.05, 3.63) is 29.6 Å². The fourth-order valence-corrected chi connectivity index (χ4v) is 3.31. The quantitative estimate of drug-likeness (QED) is 0.798. The first-order valence-corrected chi connectivity index (χ1v) is 7.82. The molecule has 0 spiro atoms. The summed E-state index contributed by atoms with van der Waals surface area (Å²) >= 11 is 6.17. The van der Waals surface area contributed by atoms with Crippen LogP contribution in [0.25, 0.3) is 0 Å². The second-order valence-electron chi connectivity index (χ2n) is 5.77. The van der Waals surface area contributed by atoms with Gasteiger partial charge in [0.25, 0.3) is 0 Å². The fourth-order valence-electron chi connectivity index (χ4n) is 2.95. The molecule has 2 nitrogen and oxygen atoms in total. The standard InChI is InChI=1S/C16H23ClFNO/c1-20-15-6-5-13(9-14(15)18)10-19-12-16(11-17)7-3-2-4-8-16/h5-6,9,19H,2-4,7-8,10-12H2,1H3. The van der Waals surface area contributed by atoms with Crippen molar-refractivity contribution in [2.24, 2.45) is 5.41 Å². The lowest BCUT2D eigenvalue weighted by Gasteiger charge is -2.35. The average Bonchev–Trinajstić information content (AvgIpc) is 2.48. The molecule has 0 radical (unpaired) electrons. The minimum Gasteiger partial charge on any atom is -0.494 e. The summed E-state index contributed by atoms with van der Waals surface area (Å²) in [6.45, 7) is 1.57. The van der Waals surface area contributed by atoms with Gasteiger partial charge in [0.1, 0.15) is 0 Å². The van der Waals surface area contributed by atoms with Crippen LogP contribution in [-0.4, -0.2) is 19.5 Å². The summed E-state index contributed by atoms with van der Waals surface area (Å²) in [6, 6.07) is 5.09. The number of hydrogen-bond acceptors (Lipinski definition) is 2. The Morgan fingerprint density at radius 1 is 1.30 bits per heavy atom. The second-order valence-corrected chi connectivity index (χ2v) is 6.03. The molecule has 0 aliphatic heterocycles. The van der Waals surface area contributed by atoms with E-state index in [0.29, 0.717) is 18.2 Å². The zero-order valence-electron chi connectivity index (χ0n) is 12.1. The van der Waals surface area contributed by atoms with Crippen molar-refractivity contribution in [3.63, 3.8) is 0 Å². The van der Waals surface area contributed by atoms with Gasteiger partial charge < -0.3 is 10.1 Å². The Morgan fingerprint density at radius 3 is 2.65 bits per heavy atom. The number of rotatable bonds is 6. The molecule has 0 unspecified atom stereocenters. The summed E-state index contributed by atoms with van der Waals surface area (Å²) in [5, 5.41) is 3.44. The Kier molecular flexibility index (Phi) is 5.67. The first kappa shape index (κ1) is 15.6. The maximum Gasteiger partial charge on any atom is 0.165 e. The van der Waals surface area contributed by atoms with Gasteiger partial charge in [-0.05, 0) is 36.0 Å². The first-order chi connectivity index (χ1) is 9.69. The number of ether oxygens (including phenoxy) is 1. The van der Waals surface area contributed by atoms with E-state index in [2.05, 4.69) is 5.32 Å². The summed E-state index contributed by atoms with van der Waals surface area (Å²) < 4.78 is 18.5. The Morgan fingerprint density at radius 2 is 2.05 bits per heavy atom. The molecule has 1 aromatic rings. The highest BCUT2D eigenvalue weighted by atomic mass is 35.5. The molecule has 0 amide bonds. The van der Waals surface area contributed by atoms with Crippen molar-refractivity contribution >= 4 is 11.6 Å². The van der Waals surface area contributed by atoms with Crippen LogP contribution in [0.1, 0.15) is 37.7 Å². The minimum absolute atomic E-state index is 0.227. The Balaban J connectivity index is 1.87. The van der Waals surface area contributed by atoms with Gasteiger partial charge in [0.15, 0.2) is 11.6 Å². The molecule has 0 heterocycles. The van der Waals surface area contributed by atoms with E-state index < -0.39 is 0 Å². The molecule has 1 aliphatic carbocycles. The smallest absolute Gasteiger partial charge is 0.165 e. The van der Waals surface area contributed by atoms with Crippen molar-refractivity contribution in [1.82, 2.24) is 5.32 Å². The van der Waals surface area contributed by atoms with Crippen molar-refractivity contribution < 1.29 is 9.13 Å². The maximum atomic E-state index is 13.6. The first-order valence-electron chi connectivity index (χ1n) is 7.28. The van der Waals surface area contributed by atoms with Gasteiger partial charge in [-0.15, -0.1) is 11.6 Å². The lowest BCUT2D eigenvalue weighted by atomic mass is 9.75. The van der Waals surface area contributed by atoms with E-state index in [1.807, 2.05) is 6.07 Å². The molecule has 0 saturated heterocycles. The third-order valence-electron chi connectivity index (χ3n) is 4.24. The maximum absolute atomic E-state index is 13.6. The lowest BCUT2D eigenvalue weighted by Crippen LogP contribution is -2.37. The lowest BCUT2D eigenvalue weighted by molar-refractivity contribution is 0.212. The normalized spacial score (nSPS) is 17.9. The number of benzene rings is 1. The molecule has 112 valence electrons. The monoisotopic (exact) mass is 299 g/mol. The second kappa shape index (κ2) is 7.28.